The van der Waals surface area contributed by atoms with Crippen molar-refractivity contribution in [2.45, 2.75) is 13.1 Å². The van der Waals surface area contributed by atoms with Crippen LogP contribution in [0.25, 0.3) is 11.0 Å². The lowest BCUT2D eigenvalue weighted by molar-refractivity contribution is 0.0751. The van der Waals surface area contributed by atoms with Gasteiger partial charge in [0.2, 0.25) is 0 Å². The molecule has 4 rings (SSSR count). The maximum atomic E-state index is 12.6. The third-order valence-corrected chi connectivity index (χ3v) is 3.96. The number of hydrogen-bond donors (Lipinski definition) is 3. The van der Waals surface area contributed by atoms with E-state index in [1.165, 1.54) is 0 Å². The minimum absolute atomic E-state index is 0.0976. The summed E-state index contributed by atoms with van der Waals surface area (Å²) in [5, 5.41) is 9.52. The number of H-pyrrole nitrogens is 2. The van der Waals surface area contributed by atoms with Gasteiger partial charge in [-0.25, -0.2) is 4.79 Å². The first-order chi connectivity index (χ1) is 10.6. The quantitative estimate of drug-likeness (QED) is 0.638. The van der Waals surface area contributed by atoms with Gasteiger partial charge in [-0.3, -0.25) is 4.79 Å². The molecule has 0 radical (unpaired) electrons. The molecular formula is C16H13N3O3. The molecule has 0 spiro atoms. The van der Waals surface area contributed by atoms with E-state index in [1.807, 2.05) is 6.07 Å². The number of benzene rings is 2. The van der Waals surface area contributed by atoms with Gasteiger partial charge in [0.25, 0.3) is 5.91 Å². The Labute approximate surface area is 125 Å². The van der Waals surface area contributed by atoms with Crippen LogP contribution in [0.4, 0.5) is 0 Å². The van der Waals surface area contributed by atoms with E-state index >= 15 is 0 Å². The summed E-state index contributed by atoms with van der Waals surface area (Å²) in [7, 11) is 0. The van der Waals surface area contributed by atoms with E-state index in [1.54, 1.807) is 35.2 Å². The highest BCUT2D eigenvalue weighted by Gasteiger charge is 2.24. The zero-order valence-electron chi connectivity index (χ0n) is 11.6. The van der Waals surface area contributed by atoms with Gasteiger partial charge in [0.15, 0.2) is 0 Å². The topological polar surface area (TPSA) is 89.2 Å². The molecule has 0 fully saturated rings. The van der Waals surface area contributed by atoms with Crippen molar-refractivity contribution in [2.24, 2.45) is 0 Å². The minimum Gasteiger partial charge on any atom is -0.508 e. The van der Waals surface area contributed by atoms with Gasteiger partial charge in [-0.05, 0) is 41.5 Å². The van der Waals surface area contributed by atoms with Crippen LogP contribution in [0.2, 0.25) is 0 Å². The number of carbonyl (C=O) groups excluding carboxylic acids is 1. The molecule has 2 heterocycles. The third-order valence-electron chi connectivity index (χ3n) is 3.96. The van der Waals surface area contributed by atoms with Gasteiger partial charge in [-0.2, -0.15) is 0 Å². The Hall–Kier alpha value is -3.02. The number of aromatic nitrogens is 2. The largest absolute Gasteiger partial charge is 0.508 e. The number of nitrogens with zero attached hydrogens (tertiary/aromatic N) is 1. The molecule has 1 aliphatic heterocycles. The van der Waals surface area contributed by atoms with Crippen LogP contribution < -0.4 is 5.69 Å². The number of hydrogen-bond acceptors (Lipinski definition) is 3. The zero-order valence-corrected chi connectivity index (χ0v) is 11.6. The van der Waals surface area contributed by atoms with Crippen LogP contribution in [0.3, 0.4) is 0 Å². The summed E-state index contributed by atoms with van der Waals surface area (Å²) >= 11 is 0. The van der Waals surface area contributed by atoms with E-state index in [0.29, 0.717) is 29.7 Å². The number of fused-ring (bicyclic) bond motifs is 2. The van der Waals surface area contributed by atoms with Crippen molar-refractivity contribution >= 4 is 16.9 Å². The standard InChI is InChI=1S/C16H13N3O3/c20-12-3-1-10-7-19(8-11(10)5-12)15(21)9-2-4-13-14(6-9)18-16(22)17-13/h1-6,20H,7-8H2,(H2,17,18,22). The maximum Gasteiger partial charge on any atom is 0.323 e. The summed E-state index contributed by atoms with van der Waals surface area (Å²) in [6, 6.07) is 10.3. The average Bonchev–Trinajstić information content (AvgIpc) is 3.07. The SMILES string of the molecule is O=C(c1ccc2[nH]c(=O)[nH]c2c1)N1Cc2ccc(O)cc2C1. The number of nitrogens with one attached hydrogen (secondary N) is 2. The summed E-state index contributed by atoms with van der Waals surface area (Å²) in [4.78, 5) is 30.9. The predicted octanol–water partition coefficient (Wildman–Crippen LogP) is 1.72. The fourth-order valence-electron chi connectivity index (χ4n) is 2.87. The smallest absolute Gasteiger partial charge is 0.323 e. The molecule has 3 aromatic rings. The van der Waals surface area contributed by atoms with E-state index in [0.717, 1.165) is 11.1 Å². The molecule has 0 saturated heterocycles. The van der Waals surface area contributed by atoms with Crippen LogP contribution in [0, 0.1) is 0 Å². The number of aromatic amines is 2. The van der Waals surface area contributed by atoms with Gasteiger partial charge >= 0.3 is 5.69 Å². The van der Waals surface area contributed by atoms with E-state index in [-0.39, 0.29) is 17.3 Å². The lowest BCUT2D eigenvalue weighted by atomic mass is 10.1. The van der Waals surface area contributed by atoms with Crippen molar-refractivity contribution in [3.8, 4) is 5.75 Å². The van der Waals surface area contributed by atoms with E-state index in [4.69, 9.17) is 0 Å². The number of rotatable bonds is 1. The summed E-state index contributed by atoms with van der Waals surface area (Å²) < 4.78 is 0. The molecule has 1 aromatic heterocycles. The molecule has 1 aliphatic rings. The number of amides is 1. The molecule has 3 N–H and O–H groups in total. The van der Waals surface area contributed by atoms with E-state index in [9.17, 15) is 14.7 Å². The number of imidazole rings is 1. The molecule has 6 nitrogen and oxygen atoms in total. The highest BCUT2D eigenvalue weighted by Crippen LogP contribution is 2.27. The van der Waals surface area contributed by atoms with Crippen LogP contribution in [0.15, 0.2) is 41.2 Å². The van der Waals surface area contributed by atoms with Gasteiger partial charge < -0.3 is 20.0 Å². The number of aromatic hydroxyl groups is 1. The summed E-state index contributed by atoms with van der Waals surface area (Å²) in [5.41, 5.74) is 3.54. The molecule has 0 bridgehead atoms. The van der Waals surface area contributed by atoms with Crippen LogP contribution in [-0.2, 0) is 13.1 Å². The normalized spacial score (nSPS) is 13.5. The molecular weight excluding hydrogens is 282 g/mol. The lowest BCUT2D eigenvalue weighted by Gasteiger charge is -2.15. The summed E-state index contributed by atoms with van der Waals surface area (Å²) in [6.07, 6.45) is 0. The second-order valence-electron chi connectivity index (χ2n) is 5.45. The monoisotopic (exact) mass is 295 g/mol. The Morgan fingerprint density at radius 1 is 1.00 bits per heavy atom. The van der Waals surface area contributed by atoms with Gasteiger partial charge in [0.1, 0.15) is 5.75 Å². The maximum absolute atomic E-state index is 12.6. The Bertz CT molecular complexity index is 955. The van der Waals surface area contributed by atoms with Gasteiger partial charge in [-0.1, -0.05) is 6.07 Å². The molecule has 110 valence electrons. The highest BCUT2D eigenvalue weighted by molar-refractivity contribution is 5.97. The van der Waals surface area contributed by atoms with Crippen molar-refractivity contribution in [3.63, 3.8) is 0 Å². The van der Waals surface area contributed by atoms with Crippen molar-refractivity contribution in [2.75, 3.05) is 0 Å². The first kappa shape index (κ1) is 12.7. The van der Waals surface area contributed by atoms with Crippen molar-refractivity contribution in [3.05, 3.63) is 63.6 Å². The Morgan fingerprint density at radius 3 is 2.64 bits per heavy atom. The second-order valence-corrected chi connectivity index (χ2v) is 5.45. The van der Waals surface area contributed by atoms with Crippen LogP contribution >= 0.6 is 0 Å². The second kappa shape index (κ2) is 4.49. The molecule has 22 heavy (non-hydrogen) atoms. The Kier molecular flexibility index (Phi) is 2.59. The average molecular weight is 295 g/mol. The minimum atomic E-state index is -0.288. The number of phenolic OH excluding ortho intramolecular Hbond substituents is 1. The van der Waals surface area contributed by atoms with Crippen LogP contribution in [0.1, 0.15) is 21.5 Å². The van der Waals surface area contributed by atoms with Crippen molar-refractivity contribution in [1.82, 2.24) is 14.9 Å². The van der Waals surface area contributed by atoms with E-state index < -0.39 is 0 Å². The molecule has 0 atom stereocenters. The van der Waals surface area contributed by atoms with Gasteiger partial charge in [0.05, 0.1) is 11.0 Å². The van der Waals surface area contributed by atoms with Gasteiger partial charge in [-0.15, -0.1) is 0 Å². The molecule has 2 aromatic carbocycles. The lowest BCUT2D eigenvalue weighted by Crippen LogP contribution is -2.25. The number of carbonyl (C=O) groups is 1. The van der Waals surface area contributed by atoms with Crippen LogP contribution in [-0.4, -0.2) is 25.9 Å². The fraction of sp³-hybridized carbons (Fsp3) is 0.125. The first-order valence-electron chi connectivity index (χ1n) is 6.92. The molecule has 6 heteroatoms. The molecule has 0 saturated carbocycles. The molecule has 0 unspecified atom stereocenters. The van der Waals surface area contributed by atoms with E-state index in [2.05, 4.69) is 9.97 Å². The predicted molar refractivity (Wildman–Crippen MR) is 80.6 cm³/mol. The Balaban J connectivity index is 1.65. The highest BCUT2D eigenvalue weighted by atomic mass is 16.3. The zero-order chi connectivity index (χ0) is 15.3. The molecule has 0 aliphatic carbocycles. The first-order valence-corrected chi connectivity index (χ1v) is 6.92. The van der Waals surface area contributed by atoms with Gasteiger partial charge in [0, 0.05) is 18.7 Å². The third kappa shape index (κ3) is 1.96. The van der Waals surface area contributed by atoms with Crippen molar-refractivity contribution in [1.29, 1.82) is 0 Å². The van der Waals surface area contributed by atoms with Crippen LogP contribution in [0.5, 0.6) is 5.75 Å². The summed E-state index contributed by atoms with van der Waals surface area (Å²) in [5.74, 6) is 0.110. The molecule has 1 amide bonds. The van der Waals surface area contributed by atoms with Crippen molar-refractivity contribution < 1.29 is 9.90 Å². The summed E-state index contributed by atoms with van der Waals surface area (Å²) in [6.45, 7) is 1.00. The number of phenols is 1. The fourth-order valence-corrected chi connectivity index (χ4v) is 2.87. The Morgan fingerprint density at radius 2 is 1.77 bits per heavy atom.